The Morgan fingerprint density at radius 2 is 0.722 bits per heavy atom. The van der Waals surface area contributed by atoms with Crippen LogP contribution in [0.1, 0.15) is 20.8 Å². The lowest BCUT2D eigenvalue weighted by Crippen LogP contribution is -2.62. The summed E-state index contributed by atoms with van der Waals surface area (Å²) < 4.78 is 118. The molecule has 0 spiro atoms. The summed E-state index contributed by atoms with van der Waals surface area (Å²) in [4.78, 5) is 0. The first-order valence-electron chi connectivity index (χ1n) is 4.70. The Kier molecular flexibility index (Phi) is 2.65. The van der Waals surface area contributed by atoms with Gasteiger partial charge in [0, 0.05) is 5.41 Å². The Bertz CT molecular complexity index is 337. The average molecular weight is 288 g/mol. The van der Waals surface area contributed by atoms with E-state index in [2.05, 4.69) is 0 Å². The maximum atomic E-state index is 13.9. The second-order valence-corrected chi connectivity index (χ2v) is 5.21. The Hall–Kier alpha value is -0.630. The van der Waals surface area contributed by atoms with Gasteiger partial charge in [-0.15, -0.1) is 0 Å². The highest BCUT2D eigenvalue weighted by atomic mass is 19.4. The van der Waals surface area contributed by atoms with Crippen LogP contribution in [0.25, 0.3) is 0 Å². The zero-order chi connectivity index (χ0) is 15.0. The third-order valence-corrected chi connectivity index (χ3v) is 3.08. The van der Waals surface area contributed by atoms with Crippen LogP contribution in [0.15, 0.2) is 0 Å². The van der Waals surface area contributed by atoms with Gasteiger partial charge in [-0.2, -0.15) is 35.1 Å². The smallest absolute Gasteiger partial charge is 0.229 e. The summed E-state index contributed by atoms with van der Waals surface area (Å²) in [6.07, 6.45) is 0. The minimum absolute atomic E-state index is 0.423. The molecule has 1 aliphatic rings. The summed E-state index contributed by atoms with van der Waals surface area (Å²) in [5.41, 5.74) is -8.20. The van der Waals surface area contributed by atoms with E-state index in [9.17, 15) is 39.5 Å². The molecular formula is C9H9F9. The molecule has 0 aromatic carbocycles. The maximum Gasteiger partial charge on any atom is 0.381 e. The van der Waals surface area contributed by atoms with Crippen LogP contribution in [0.4, 0.5) is 39.5 Å². The van der Waals surface area contributed by atoms with Crippen LogP contribution < -0.4 is 0 Å². The molecule has 1 aliphatic carbocycles. The monoisotopic (exact) mass is 288 g/mol. The summed E-state index contributed by atoms with van der Waals surface area (Å²) in [6, 6.07) is 0. The number of halogens is 9. The Labute approximate surface area is 96.1 Å². The molecule has 0 bridgehead atoms. The minimum atomic E-state index is -6.48. The van der Waals surface area contributed by atoms with Crippen molar-refractivity contribution in [2.75, 3.05) is 0 Å². The highest BCUT2D eigenvalue weighted by molar-refractivity contribution is 5.29. The van der Waals surface area contributed by atoms with Crippen LogP contribution in [0.5, 0.6) is 0 Å². The number of hydrogen-bond acceptors (Lipinski definition) is 0. The van der Waals surface area contributed by atoms with Gasteiger partial charge in [0.05, 0.1) is 0 Å². The minimum Gasteiger partial charge on any atom is -0.229 e. The Morgan fingerprint density at radius 3 is 0.833 bits per heavy atom. The molecule has 0 radical (unpaired) electrons. The molecule has 0 atom stereocenters. The topological polar surface area (TPSA) is 0 Å². The van der Waals surface area contributed by atoms with Crippen molar-refractivity contribution in [3.8, 4) is 0 Å². The van der Waals surface area contributed by atoms with Gasteiger partial charge in [0.25, 0.3) is 5.67 Å². The lowest BCUT2D eigenvalue weighted by Gasteiger charge is -2.41. The quantitative estimate of drug-likeness (QED) is 0.583. The summed E-state index contributed by atoms with van der Waals surface area (Å²) in [7, 11) is 0. The lowest BCUT2D eigenvalue weighted by atomic mass is 9.73. The van der Waals surface area contributed by atoms with Crippen LogP contribution >= 0.6 is 0 Å². The van der Waals surface area contributed by atoms with Gasteiger partial charge in [0.2, 0.25) is 0 Å². The van der Waals surface area contributed by atoms with Gasteiger partial charge >= 0.3 is 23.7 Å². The zero-order valence-corrected chi connectivity index (χ0v) is 9.40. The molecule has 1 rings (SSSR count). The SMILES string of the molecule is CC(C)(C)C1(F)C(F)(F)C(F)(F)C(F)(F)C1(F)F. The second kappa shape index (κ2) is 3.09. The normalized spacial score (nSPS) is 31.3. The van der Waals surface area contributed by atoms with Crippen LogP contribution in [-0.2, 0) is 0 Å². The predicted molar refractivity (Wildman–Crippen MR) is 43.1 cm³/mol. The fourth-order valence-electron chi connectivity index (χ4n) is 1.97. The second-order valence-electron chi connectivity index (χ2n) is 5.21. The summed E-state index contributed by atoms with van der Waals surface area (Å²) in [5, 5.41) is 0. The molecule has 18 heavy (non-hydrogen) atoms. The molecule has 0 aliphatic heterocycles. The van der Waals surface area contributed by atoms with Gasteiger partial charge in [0.15, 0.2) is 0 Å². The molecular weight excluding hydrogens is 279 g/mol. The molecule has 0 nitrogen and oxygen atoms in total. The predicted octanol–water partition coefficient (Wildman–Crippen LogP) is 4.30. The fourth-order valence-corrected chi connectivity index (χ4v) is 1.97. The van der Waals surface area contributed by atoms with Gasteiger partial charge in [-0.3, -0.25) is 0 Å². The summed E-state index contributed by atoms with van der Waals surface area (Å²) >= 11 is 0. The molecule has 108 valence electrons. The third-order valence-electron chi connectivity index (χ3n) is 3.08. The molecule has 0 amide bonds. The average Bonchev–Trinajstić information content (AvgIpc) is 2.16. The van der Waals surface area contributed by atoms with E-state index in [1.54, 1.807) is 0 Å². The molecule has 0 unspecified atom stereocenters. The van der Waals surface area contributed by atoms with E-state index in [0.29, 0.717) is 20.8 Å². The summed E-state index contributed by atoms with van der Waals surface area (Å²) in [5.74, 6) is -25.4. The first kappa shape index (κ1) is 15.4. The van der Waals surface area contributed by atoms with E-state index in [0.717, 1.165) is 0 Å². The van der Waals surface area contributed by atoms with Crippen molar-refractivity contribution in [2.45, 2.75) is 50.1 Å². The maximum absolute atomic E-state index is 13.9. The van der Waals surface area contributed by atoms with Crippen LogP contribution in [-0.4, -0.2) is 29.4 Å². The van der Waals surface area contributed by atoms with Crippen LogP contribution in [0.3, 0.4) is 0 Å². The molecule has 1 fully saturated rings. The zero-order valence-electron chi connectivity index (χ0n) is 9.40. The van der Waals surface area contributed by atoms with E-state index in [4.69, 9.17) is 0 Å². The summed E-state index contributed by atoms with van der Waals surface area (Å²) in [6.45, 7) is 1.27. The highest BCUT2D eigenvalue weighted by Crippen LogP contribution is 2.72. The number of alkyl halides is 9. The van der Waals surface area contributed by atoms with Crippen molar-refractivity contribution >= 4 is 0 Å². The molecule has 0 heterocycles. The van der Waals surface area contributed by atoms with E-state index in [1.165, 1.54) is 0 Å². The van der Waals surface area contributed by atoms with Crippen LogP contribution in [0.2, 0.25) is 0 Å². The first-order chi connectivity index (χ1) is 7.50. The van der Waals surface area contributed by atoms with E-state index in [1.807, 2.05) is 0 Å². The molecule has 0 N–H and O–H groups in total. The van der Waals surface area contributed by atoms with Crippen molar-refractivity contribution in [3.05, 3.63) is 0 Å². The van der Waals surface area contributed by atoms with Gasteiger partial charge in [-0.25, -0.2) is 4.39 Å². The molecule has 0 aromatic rings. The standard InChI is InChI=1S/C9H9F9/c1-4(2,3)5(10)6(11,12)8(15,16)9(17,18)7(5,13)14/h1-3H3. The van der Waals surface area contributed by atoms with Crippen molar-refractivity contribution in [3.63, 3.8) is 0 Å². The number of hydrogen-bond donors (Lipinski definition) is 0. The Balaban J connectivity index is 3.75. The third kappa shape index (κ3) is 1.11. The molecule has 1 saturated carbocycles. The first-order valence-corrected chi connectivity index (χ1v) is 4.70. The molecule has 0 saturated heterocycles. The van der Waals surface area contributed by atoms with Gasteiger partial charge in [-0.05, 0) is 0 Å². The fraction of sp³-hybridized carbons (Fsp3) is 1.00. The van der Waals surface area contributed by atoms with E-state index in [-0.39, 0.29) is 0 Å². The molecule has 0 aromatic heterocycles. The van der Waals surface area contributed by atoms with Crippen molar-refractivity contribution < 1.29 is 39.5 Å². The number of rotatable bonds is 0. The molecule has 9 heteroatoms. The van der Waals surface area contributed by atoms with Gasteiger partial charge < -0.3 is 0 Å². The largest absolute Gasteiger partial charge is 0.381 e. The van der Waals surface area contributed by atoms with Crippen molar-refractivity contribution in [1.82, 2.24) is 0 Å². The Morgan fingerprint density at radius 1 is 0.500 bits per heavy atom. The highest BCUT2D eigenvalue weighted by Gasteiger charge is 3.02. The van der Waals surface area contributed by atoms with Crippen molar-refractivity contribution in [2.24, 2.45) is 5.41 Å². The van der Waals surface area contributed by atoms with E-state index < -0.39 is 34.8 Å². The van der Waals surface area contributed by atoms with Gasteiger partial charge in [0.1, 0.15) is 0 Å². The van der Waals surface area contributed by atoms with Crippen molar-refractivity contribution in [1.29, 1.82) is 0 Å². The van der Waals surface area contributed by atoms with E-state index >= 15 is 0 Å². The van der Waals surface area contributed by atoms with Crippen LogP contribution in [0, 0.1) is 5.41 Å². The lowest BCUT2D eigenvalue weighted by molar-refractivity contribution is -0.303. The van der Waals surface area contributed by atoms with Gasteiger partial charge in [-0.1, -0.05) is 20.8 Å².